The van der Waals surface area contributed by atoms with Gasteiger partial charge in [-0.25, -0.2) is 4.79 Å². The largest absolute Gasteiger partial charge is 0.469 e. The van der Waals surface area contributed by atoms with Crippen LogP contribution in [0.4, 0.5) is 0 Å². The van der Waals surface area contributed by atoms with Crippen molar-refractivity contribution in [3.8, 4) is 0 Å². The Morgan fingerprint density at radius 3 is 2.81 bits per heavy atom. The summed E-state index contributed by atoms with van der Waals surface area (Å²) in [6.07, 6.45) is 1.82. The zero-order valence-corrected chi connectivity index (χ0v) is 9.36. The van der Waals surface area contributed by atoms with Crippen molar-refractivity contribution in [1.82, 2.24) is 5.32 Å². The van der Waals surface area contributed by atoms with E-state index >= 15 is 0 Å². The Kier molecular flexibility index (Phi) is 4.57. The van der Waals surface area contributed by atoms with Crippen molar-refractivity contribution < 1.29 is 18.7 Å². The van der Waals surface area contributed by atoms with Crippen LogP contribution in [-0.2, 0) is 20.7 Å². The molecule has 16 heavy (non-hydrogen) atoms. The maximum atomic E-state index is 11.5. The first-order valence-corrected chi connectivity index (χ1v) is 5.09. The fraction of sp³-hybridized carbons (Fsp3) is 0.455. The van der Waals surface area contributed by atoms with Crippen LogP contribution in [0.2, 0.25) is 0 Å². The van der Waals surface area contributed by atoms with Gasteiger partial charge in [0.1, 0.15) is 11.8 Å². The van der Waals surface area contributed by atoms with E-state index in [1.165, 1.54) is 13.2 Å². The average molecular weight is 225 g/mol. The summed E-state index contributed by atoms with van der Waals surface area (Å²) in [4.78, 5) is 22.5. The molecule has 1 rings (SSSR count). The molecule has 1 aromatic heterocycles. The van der Waals surface area contributed by atoms with E-state index in [2.05, 4.69) is 5.32 Å². The summed E-state index contributed by atoms with van der Waals surface area (Å²) in [5.41, 5.74) is 0. The van der Waals surface area contributed by atoms with Crippen LogP contribution in [0.3, 0.4) is 0 Å². The van der Waals surface area contributed by atoms with E-state index in [-0.39, 0.29) is 12.5 Å². The molecule has 1 amide bonds. The molecule has 0 fully saturated rings. The van der Waals surface area contributed by atoms with Crippen molar-refractivity contribution in [2.75, 3.05) is 6.61 Å². The van der Waals surface area contributed by atoms with E-state index in [1.807, 2.05) is 0 Å². The van der Waals surface area contributed by atoms with Crippen LogP contribution >= 0.6 is 0 Å². The highest BCUT2D eigenvalue weighted by atomic mass is 16.5. The molecule has 1 N–H and O–H groups in total. The second kappa shape index (κ2) is 5.95. The molecule has 0 aliphatic heterocycles. The first-order valence-electron chi connectivity index (χ1n) is 5.09. The second-order valence-corrected chi connectivity index (χ2v) is 3.29. The van der Waals surface area contributed by atoms with Gasteiger partial charge in [-0.3, -0.25) is 4.79 Å². The zero-order valence-electron chi connectivity index (χ0n) is 9.36. The number of amides is 1. The van der Waals surface area contributed by atoms with Gasteiger partial charge in [0.15, 0.2) is 0 Å². The van der Waals surface area contributed by atoms with Crippen LogP contribution in [0.25, 0.3) is 0 Å². The standard InChI is InChI=1S/C11H15NO4/c1-3-15-11(14)10(12-8(2)13)7-9-5-4-6-16-9/h4-6,10H,3,7H2,1-2H3,(H,12,13). The molecule has 0 bridgehead atoms. The van der Waals surface area contributed by atoms with Gasteiger partial charge in [-0.1, -0.05) is 0 Å². The maximum absolute atomic E-state index is 11.5. The molecule has 88 valence electrons. The van der Waals surface area contributed by atoms with Crippen LogP contribution in [0.1, 0.15) is 19.6 Å². The van der Waals surface area contributed by atoms with Gasteiger partial charge in [0.25, 0.3) is 0 Å². The van der Waals surface area contributed by atoms with Crippen LogP contribution in [0.15, 0.2) is 22.8 Å². The molecule has 1 aromatic rings. The lowest BCUT2D eigenvalue weighted by Gasteiger charge is -2.14. The summed E-state index contributed by atoms with van der Waals surface area (Å²) in [5.74, 6) is -0.0921. The third kappa shape index (κ3) is 3.76. The van der Waals surface area contributed by atoms with Crippen molar-refractivity contribution in [3.63, 3.8) is 0 Å². The number of esters is 1. The van der Waals surface area contributed by atoms with Gasteiger partial charge in [-0.05, 0) is 19.1 Å². The van der Waals surface area contributed by atoms with Gasteiger partial charge < -0.3 is 14.5 Å². The van der Waals surface area contributed by atoms with Gasteiger partial charge in [0, 0.05) is 13.3 Å². The summed E-state index contributed by atoms with van der Waals surface area (Å²) in [6, 6.07) is 2.78. The van der Waals surface area contributed by atoms with E-state index in [1.54, 1.807) is 19.1 Å². The molecule has 5 heteroatoms. The molecule has 0 spiro atoms. The van der Waals surface area contributed by atoms with E-state index in [0.717, 1.165) is 0 Å². The molecule has 0 radical (unpaired) electrons. The van der Waals surface area contributed by atoms with Crippen LogP contribution in [0.5, 0.6) is 0 Å². The zero-order chi connectivity index (χ0) is 12.0. The van der Waals surface area contributed by atoms with Crippen LogP contribution in [0, 0.1) is 0 Å². The van der Waals surface area contributed by atoms with E-state index < -0.39 is 12.0 Å². The number of nitrogens with one attached hydrogen (secondary N) is 1. The Hall–Kier alpha value is -1.78. The molecule has 5 nitrogen and oxygen atoms in total. The summed E-state index contributed by atoms with van der Waals surface area (Å²) >= 11 is 0. The predicted molar refractivity (Wildman–Crippen MR) is 56.6 cm³/mol. The molecule has 0 saturated carbocycles. The van der Waals surface area contributed by atoms with E-state index in [0.29, 0.717) is 12.2 Å². The van der Waals surface area contributed by atoms with E-state index in [9.17, 15) is 9.59 Å². The monoisotopic (exact) mass is 225 g/mol. The van der Waals surface area contributed by atoms with E-state index in [4.69, 9.17) is 9.15 Å². The Bertz CT molecular complexity index is 345. The van der Waals surface area contributed by atoms with Crippen molar-refractivity contribution in [2.45, 2.75) is 26.3 Å². The third-order valence-electron chi connectivity index (χ3n) is 1.93. The highest BCUT2D eigenvalue weighted by molar-refractivity contribution is 5.83. The minimum absolute atomic E-state index is 0.274. The minimum Gasteiger partial charge on any atom is -0.469 e. The molecule has 1 heterocycles. The molecule has 0 aromatic carbocycles. The number of hydrogen-bond donors (Lipinski definition) is 1. The highest BCUT2D eigenvalue weighted by Gasteiger charge is 2.22. The highest BCUT2D eigenvalue weighted by Crippen LogP contribution is 2.05. The molecule has 0 aliphatic rings. The molecular formula is C11H15NO4. The quantitative estimate of drug-likeness (QED) is 0.755. The van der Waals surface area contributed by atoms with Crippen molar-refractivity contribution >= 4 is 11.9 Å². The lowest BCUT2D eigenvalue weighted by atomic mass is 10.1. The number of carbonyl (C=O) groups excluding carboxylic acids is 2. The molecule has 1 atom stereocenters. The smallest absolute Gasteiger partial charge is 0.329 e. The number of carbonyl (C=O) groups is 2. The Balaban J connectivity index is 2.63. The summed E-state index contributed by atoms with van der Waals surface area (Å²) in [7, 11) is 0. The fourth-order valence-corrected chi connectivity index (χ4v) is 1.31. The van der Waals surface area contributed by atoms with Gasteiger partial charge in [-0.15, -0.1) is 0 Å². The average Bonchev–Trinajstić information content (AvgIpc) is 2.69. The molecule has 0 aliphatic carbocycles. The molecule has 0 saturated heterocycles. The SMILES string of the molecule is CCOC(=O)C(Cc1ccco1)NC(C)=O. The summed E-state index contributed by atoms with van der Waals surface area (Å²) in [6.45, 7) is 3.36. The normalized spacial score (nSPS) is 11.9. The Morgan fingerprint density at radius 2 is 2.31 bits per heavy atom. The molecule has 1 unspecified atom stereocenters. The summed E-state index contributed by atoms with van der Waals surface area (Å²) in [5, 5.41) is 2.53. The van der Waals surface area contributed by atoms with Crippen molar-refractivity contribution in [3.05, 3.63) is 24.2 Å². The van der Waals surface area contributed by atoms with Crippen molar-refractivity contribution in [2.24, 2.45) is 0 Å². The Morgan fingerprint density at radius 1 is 1.56 bits per heavy atom. The lowest BCUT2D eigenvalue weighted by Crippen LogP contribution is -2.42. The summed E-state index contributed by atoms with van der Waals surface area (Å²) < 4.78 is 9.97. The first kappa shape index (κ1) is 12.3. The third-order valence-corrected chi connectivity index (χ3v) is 1.93. The van der Waals surface area contributed by atoms with Crippen LogP contribution < -0.4 is 5.32 Å². The minimum atomic E-state index is -0.691. The van der Waals surface area contributed by atoms with Gasteiger partial charge in [-0.2, -0.15) is 0 Å². The van der Waals surface area contributed by atoms with Crippen molar-refractivity contribution in [1.29, 1.82) is 0 Å². The number of hydrogen-bond acceptors (Lipinski definition) is 4. The Labute approximate surface area is 93.8 Å². The predicted octanol–water partition coefficient (Wildman–Crippen LogP) is 0.890. The van der Waals surface area contributed by atoms with Gasteiger partial charge >= 0.3 is 5.97 Å². The first-order chi connectivity index (χ1) is 7.63. The van der Waals surface area contributed by atoms with Crippen LogP contribution in [-0.4, -0.2) is 24.5 Å². The second-order valence-electron chi connectivity index (χ2n) is 3.29. The maximum Gasteiger partial charge on any atom is 0.329 e. The number of rotatable bonds is 5. The molecular weight excluding hydrogens is 210 g/mol. The van der Waals surface area contributed by atoms with Gasteiger partial charge in [0.2, 0.25) is 5.91 Å². The number of ether oxygens (including phenoxy) is 1. The fourth-order valence-electron chi connectivity index (χ4n) is 1.31. The van der Waals surface area contributed by atoms with Gasteiger partial charge in [0.05, 0.1) is 12.9 Å². The lowest BCUT2D eigenvalue weighted by molar-refractivity contribution is -0.147. The number of furan rings is 1. The topological polar surface area (TPSA) is 68.5 Å².